The van der Waals surface area contributed by atoms with Gasteiger partial charge in [-0.05, 0) is 43.2 Å². The van der Waals surface area contributed by atoms with Gasteiger partial charge in [-0.2, -0.15) is 0 Å². The Kier molecular flexibility index (Phi) is 3.16. The monoisotopic (exact) mass is 325 g/mol. The summed E-state index contributed by atoms with van der Waals surface area (Å²) < 4.78 is 2.06. The van der Waals surface area contributed by atoms with Crippen molar-refractivity contribution < 1.29 is 0 Å². The van der Waals surface area contributed by atoms with Crippen molar-refractivity contribution in [1.82, 2.24) is 24.3 Å². The third-order valence-corrected chi connectivity index (χ3v) is 4.39. The first-order valence-electron chi connectivity index (χ1n) is 8.29. The molecule has 0 aliphatic carbocycles. The third-order valence-electron chi connectivity index (χ3n) is 4.39. The zero-order valence-corrected chi connectivity index (χ0v) is 13.5. The zero-order valence-electron chi connectivity index (χ0n) is 13.5. The first-order valence-corrected chi connectivity index (χ1v) is 8.29. The molecular weight excluding hydrogens is 310 g/mol. The lowest BCUT2D eigenvalue weighted by atomic mass is 10.2. The summed E-state index contributed by atoms with van der Waals surface area (Å²) in [7, 11) is 0. The quantitative estimate of drug-likeness (QED) is 0.508. The number of hydrogen-bond acceptors (Lipinski definition) is 4. The summed E-state index contributed by atoms with van der Waals surface area (Å²) in [4.78, 5) is 18.4. The Bertz CT molecular complexity index is 1210. The van der Waals surface area contributed by atoms with Crippen molar-refractivity contribution in [3.8, 4) is 0 Å². The molecule has 5 nitrogen and oxygen atoms in total. The Morgan fingerprint density at radius 3 is 2.60 bits per heavy atom. The summed E-state index contributed by atoms with van der Waals surface area (Å²) in [6.45, 7) is 0. The average molecular weight is 325 g/mol. The van der Waals surface area contributed by atoms with Gasteiger partial charge < -0.3 is 4.40 Å². The highest BCUT2D eigenvalue weighted by Gasteiger charge is 2.07. The first-order chi connectivity index (χ1) is 12.4. The third kappa shape index (κ3) is 2.50. The van der Waals surface area contributed by atoms with Gasteiger partial charge in [-0.3, -0.25) is 9.97 Å². The summed E-state index contributed by atoms with van der Waals surface area (Å²) in [6, 6.07) is 14.0. The van der Waals surface area contributed by atoms with E-state index in [1.807, 2.05) is 48.8 Å². The van der Waals surface area contributed by atoms with E-state index in [0.717, 1.165) is 51.8 Å². The van der Waals surface area contributed by atoms with Gasteiger partial charge in [0.05, 0.1) is 27.9 Å². The second-order valence-corrected chi connectivity index (χ2v) is 6.07. The standard InChI is InChI=1S/C20H15N5/c1-2-6-19-18(5-1)22-12-14(23-19)7-8-15-13-25-11-9-17-16(20(25)24-15)4-3-10-21-17/h1-6,9-13H,7-8H2. The smallest absolute Gasteiger partial charge is 0.146 e. The number of rotatable bonds is 3. The molecule has 0 aliphatic heterocycles. The van der Waals surface area contributed by atoms with Crippen LogP contribution < -0.4 is 0 Å². The molecule has 5 rings (SSSR count). The van der Waals surface area contributed by atoms with Crippen molar-refractivity contribution in [2.75, 3.05) is 0 Å². The van der Waals surface area contributed by atoms with Crippen LogP contribution >= 0.6 is 0 Å². The van der Waals surface area contributed by atoms with Gasteiger partial charge in [0.1, 0.15) is 5.65 Å². The van der Waals surface area contributed by atoms with E-state index in [2.05, 4.69) is 31.6 Å². The molecule has 0 spiro atoms. The van der Waals surface area contributed by atoms with E-state index in [1.165, 1.54) is 0 Å². The molecule has 0 fully saturated rings. The van der Waals surface area contributed by atoms with E-state index < -0.39 is 0 Å². The first kappa shape index (κ1) is 14.0. The molecule has 0 amide bonds. The van der Waals surface area contributed by atoms with Crippen LogP contribution in [0.3, 0.4) is 0 Å². The van der Waals surface area contributed by atoms with Gasteiger partial charge in [0.25, 0.3) is 0 Å². The molecule has 1 aromatic carbocycles. The summed E-state index contributed by atoms with van der Waals surface area (Å²) in [5.74, 6) is 0. The van der Waals surface area contributed by atoms with Crippen molar-refractivity contribution in [3.63, 3.8) is 0 Å². The maximum atomic E-state index is 4.79. The number of fused-ring (bicyclic) bond motifs is 4. The molecule has 25 heavy (non-hydrogen) atoms. The van der Waals surface area contributed by atoms with Crippen molar-refractivity contribution in [2.45, 2.75) is 12.8 Å². The molecule has 0 atom stereocenters. The summed E-state index contributed by atoms with van der Waals surface area (Å²) in [5, 5.41) is 1.07. The van der Waals surface area contributed by atoms with Crippen molar-refractivity contribution in [2.24, 2.45) is 0 Å². The molecule has 0 bridgehead atoms. The molecule has 0 radical (unpaired) electrons. The molecule has 120 valence electrons. The number of aromatic nitrogens is 5. The lowest BCUT2D eigenvalue weighted by molar-refractivity contribution is 0.889. The van der Waals surface area contributed by atoms with Gasteiger partial charge in [-0.15, -0.1) is 0 Å². The van der Waals surface area contributed by atoms with Crippen LogP contribution in [0.1, 0.15) is 11.4 Å². The van der Waals surface area contributed by atoms with Crippen LogP contribution in [-0.2, 0) is 12.8 Å². The number of para-hydroxylation sites is 2. The fourth-order valence-corrected chi connectivity index (χ4v) is 3.14. The average Bonchev–Trinajstić information content (AvgIpc) is 3.10. The van der Waals surface area contributed by atoms with Crippen LogP contribution in [0.25, 0.3) is 27.6 Å². The predicted octanol–water partition coefficient (Wildman–Crippen LogP) is 3.61. The second-order valence-electron chi connectivity index (χ2n) is 6.07. The Hall–Kier alpha value is -3.34. The highest BCUT2D eigenvalue weighted by Crippen LogP contribution is 2.18. The molecule has 5 aromatic rings. The largest absolute Gasteiger partial charge is 0.306 e. The van der Waals surface area contributed by atoms with Gasteiger partial charge in [0, 0.05) is 30.2 Å². The van der Waals surface area contributed by atoms with Gasteiger partial charge in [0.15, 0.2) is 0 Å². The fraction of sp³-hybridized carbons (Fsp3) is 0.100. The molecule has 0 unspecified atom stereocenters. The SMILES string of the molecule is c1ccc2nc(CCc3cn4ccc5ncccc5c4n3)cnc2c1. The Labute approximate surface area is 144 Å². The molecule has 5 heteroatoms. The van der Waals surface area contributed by atoms with E-state index in [4.69, 9.17) is 4.98 Å². The summed E-state index contributed by atoms with van der Waals surface area (Å²) >= 11 is 0. The van der Waals surface area contributed by atoms with E-state index in [9.17, 15) is 0 Å². The lowest BCUT2D eigenvalue weighted by Crippen LogP contribution is -1.96. The lowest BCUT2D eigenvalue weighted by Gasteiger charge is -2.01. The summed E-state index contributed by atoms with van der Waals surface area (Å²) in [6.07, 6.45) is 9.40. The van der Waals surface area contributed by atoms with Gasteiger partial charge in [-0.1, -0.05) is 12.1 Å². The van der Waals surface area contributed by atoms with E-state index in [0.29, 0.717) is 0 Å². The predicted molar refractivity (Wildman–Crippen MR) is 97.4 cm³/mol. The minimum Gasteiger partial charge on any atom is -0.306 e. The van der Waals surface area contributed by atoms with Crippen LogP contribution in [0.5, 0.6) is 0 Å². The van der Waals surface area contributed by atoms with Gasteiger partial charge in [0.2, 0.25) is 0 Å². The van der Waals surface area contributed by atoms with E-state index in [1.54, 1.807) is 6.20 Å². The topological polar surface area (TPSA) is 56.0 Å². The van der Waals surface area contributed by atoms with Crippen molar-refractivity contribution >= 4 is 27.6 Å². The van der Waals surface area contributed by atoms with E-state index >= 15 is 0 Å². The van der Waals surface area contributed by atoms with Crippen molar-refractivity contribution in [1.29, 1.82) is 0 Å². The minimum absolute atomic E-state index is 0.817. The van der Waals surface area contributed by atoms with Gasteiger partial charge >= 0.3 is 0 Å². The summed E-state index contributed by atoms with van der Waals surface area (Å²) in [5.41, 5.74) is 5.82. The number of benzene rings is 1. The Morgan fingerprint density at radius 2 is 1.64 bits per heavy atom. The molecule has 0 saturated heterocycles. The molecule has 0 N–H and O–H groups in total. The molecular formula is C20H15N5. The molecule has 4 aromatic heterocycles. The number of nitrogens with zero attached hydrogens (tertiary/aromatic N) is 5. The minimum atomic E-state index is 0.817. The number of aryl methyl sites for hydroxylation is 2. The Balaban J connectivity index is 1.46. The van der Waals surface area contributed by atoms with Gasteiger partial charge in [-0.25, -0.2) is 9.97 Å². The normalized spacial score (nSPS) is 11.5. The molecule has 0 aliphatic rings. The number of hydrogen-bond donors (Lipinski definition) is 0. The van der Waals surface area contributed by atoms with Crippen LogP contribution in [0.15, 0.2) is 67.3 Å². The maximum Gasteiger partial charge on any atom is 0.146 e. The zero-order chi connectivity index (χ0) is 16.6. The fourth-order valence-electron chi connectivity index (χ4n) is 3.14. The van der Waals surface area contributed by atoms with Crippen molar-refractivity contribution in [3.05, 3.63) is 78.6 Å². The van der Waals surface area contributed by atoms with Crippen LogP contribution in [0.2, 0.25) is 0 Å². The Morgan fingerprint density at radius 1 is 0.760 bits per heavy atom. The highest BCUT2D eigenvalue weighted by atomic mass is 15.0. The molecule has 4 heterocycles. The number of pyridine rings is 2. The van der Waals surface area contributed by atoms with E-state index in [-0.39, 0.29) is 0 Å². The number of imidazole rings is 1. The van der Waals surface area contributed by atoms with Crippen LogP contribution in [0.4, 0.5) is 0 Å². The van der Waals surface area contributed by atoms with Crippen LogP contribution in [-0.4, -0.2) is 24.3 Å². The van der Waals surface area contributed by atoms with Crippen LogP contribution in [0, 0.1) is 0 Å². The second kappa shape index (κ2) is 5.63. The maximum absolute atomic E-state index is 4.79. The molecule has 0 saturated carbocycles. The highest BCUT2D eigenvalue weighted by molar-refractivity contribution is 5.91.